The molecule has 0 aliphatic heterocycles. The number of pyridine rings is 1. The Hall–Kier alpha value is -3.54. The van der Waals surface area contributed by atoms with E-state index in [2.05, 4.69) is 10.3 Å². The van der Waals surface area contributed by atoms with Crippen LogP contribution < -0.4 is 5.32 Å². The number of carbonyl (C=O) groups excluding carboxylic acids is 1. The Balaban J connectivity index is 1.73. The number of anilines is 1. The zero-order valence-electron chi connectivity index (χ0n) is 14.2. The lowest BCUT2D eigenvalue weighted by Gasteiger charge is -2.08. The minimum Gasteiger partial charge on any atom is -0.322 e. The van der Waals surface area contributed by atoms with Crippen molar-refractivity contribution in [3.63, 3.8) is 0 Å². The summed E-state index contributed by atoms with van der Waals surface area (Å²) in [5.41, 5.74) is 4.04. The van der Waals surface area contributed by atoms with Crippen LogP contribution >= 0.6 is 0 Å². The van der Waals surface area contributed by atoms with E-state index in [1.54, 1.807) is 36.5 Å². The van der Waals surface area contributed by atoms with E-state index in [1.165, 1.54) is 12.1 Å². The maximum Gasteiger partial charge on any atom is 0.269 e. The molecule has 6 nitrogen and oxygen atoms in total. The molecule has 0 fully saturated rings. The molecular formula is C20H17N3O3. The summed E-state index contributed by atoms with van der Waals surface area (Å²) >= 11 is 0. The van der Waals surface area contributed by atoms with Gasteiger partial charge in [-0.2, -0.15) is 0 Å². The molecule has 3 aromatic rings. The molecule has 1 aromatic heterocycles. The standard InChI is InChI=1S/C20H17N3O3/c1-14-11-18(9-10-21-14)22-20(24)17-4-2-3-16(13-17)12-15-5-7-19(8-6-15)23(25)26/h2-11,13H,12H2,1H3,(H,21,22,24). The number of rotatable bonds is 5. The second-order valence-corrected chi connectivity index (χ2v) is 5.94. The van der Waals surface area contributed by atoms with Crippen molar-refractivity contribution in [2.24, 2.45) is 0 Å². The Kier molecular flexibility index (Phi) is 5.03. The maximum absolute atomic E-state index is 12.4. The second kappa shape index (κ2) is 7.57. The summed E-state index contributed by atoms with van der Waals surface area (Å²) in [5, 5.41) is 13.6. The van der Waals surface area contributed by atoms with Gasteiger partial charge in [-0.3, -0.25) is 19.9 Å². The molecule has 0 aliphatic carbocycles. The lowest BCUT2D eigenvalue weighted by atomic mass is 10.0. The van der Waals surface area contributed by atoms with Crippen molar-refractivity contribution in [2.45, 2.75) is 13.3 Å². The zero-order chi connectivity index (χ0) is 18.5. The van der Waals surface area contributed by atoms with E-state index in [4.69, 9.17) is 0 Å². The molecule has 1 N–H and O–H groups in total. The zero-order valence-corrected chi connectivity index (χ0v) is 14.2. The van der Waals surface area contributed by atoms with Gasteiger partial charge in [-0.05, 0) is 48.7 Å². The lowest BCUT2D eigenvalue weighted by Crippen LogP contribution is -2.12. The van der Waals surface area contributed by atoms with Crippen molar-refractivity contribution in [3.8, 4) is 0 Å². The minimum absolute atomic E-state index is 0.0644. The predicted octanol–water partition coefficient (Wildman–Crippen LogP) is 4.14. The van der Waals surface area contributed by atoms with Crippen LogP contribution in [0.3, 0.4) is 0 Å². The number of carbonyl (C=O) groups is 1. The van der Waals surface area contributed by atoms with Crippen molar-refractivity contribution in [3.05, 3.63) is 99.4 Å². The fourth-order valence-electron chi connectivity index (χ4n) is 2.62. The van der Waals surface area contributed by atoms with Gasteiger partial charge in [0.25, 0.3) is 11.6 Å². The third-order valence-electron chi connectivity index (χ3n) is 3.90. The number of hydrogen-bond donors (Lipinski definition) is 1. The third kappa shape index (κ3) is 4.30. The molecule has 130 valence electrons. The fraction of sp³-hybridized carbons (Fsp3) is 0.100. The Labute approximate surface area is 150 Å². The molecule has 3 rings (SSSR count). The number of aromatic nitrogens is 1. The van der Waals surface area contributed by atoms with Gasteiger partial charge in [-0.1, -0.05) is 24.3 Å². The van der Waals surface area contributed by atoms with Crippen molar-refractivity contribution < 1.29 is 9.72 Å². The highest BCUT2D eigenvalue weighted by molar-refractivity contribution is 6.04. The molecule has 1 heterocycles. The van der Waals surface area contributed by atoms with Crippen molar-refractivity contribution in [1.29, 1.82) is 0 Å². The van der Waals surface area contributed by atoms with E-state index in [9.17, 15) is 14.9 Å². The summed E-state index contributed by atoms with van der Waals surface area (Å²) in [6, 6.07) is 17.3. The first kappa shape index (κ1) is 17.3. The second-order valence-electron chi connectivity index (χ2n) is 5.94. The van der Waals surface area contributed by atoms with E-state index in [0.717, 1.165) is 16.8 Å². The Morgan fingerprint density at radius 1 is 1.08 bits per heavy atom. The molecule has 0 saturated carbocycles. The van der Waals surface area contributed by atoms with Gasteiger partial charge in [0.2, 0.25) is 0 Å². The first-order valence-electron chi connectivity index (χ1n) is 8.07. The fourth-order valence-corrected chi connectivity index (χ4v) is 2.62. The van der Waals surface area contributed by atoms with E-state index in [1.807, 2.05) is 25.1 Å². The van der Waals surface area contributed by atoms with Crippen LogP contribution in [0.4, 0.5) is 11.4 Å². The monoisotopic (exact) mass is 347 g/mol. The van der Waals surface area contributed by atoms with Gasteiger partial charge >= 0.3 is 0 Å². The van der Waals surface area contributed by atoms with Gasteiger partial charge in [0.05, 0.1) is 4.92 Å². The Morgan fingerprint density at radius 2 is 1.85 bits per heavy atom. The van der Waals surface area contributed by atoms with Crippen LogP contribution in [0.1, 0.15) is 27.2 Å². The van der Waals surface area contributed by atoms with E-state index < -0.39 is 4.92 Å². The van der Waals surface area contributed by atoms with Gasteiger partial charge in [-0.25, -0.2) is 0 Å². The van der Waals surface area contributed by atoms with Crippen LogP contribution in [0, 0.1) is 17.0 Å². The summed E-state index contributed by atoms with van der Waals surface area (Å²) in [5.74, 6) is -0.193. The maximum atomic E-state index is 12.4. The van der Waals surface area contributed by atoms with E-state index in [-0.39, 0.29) is 11.6 Å². The SMILES string of the molecule is Cc1cc(NC(=O)c2cccc(Cc3ccc([N+](=O)[O-])cc3)c2)ccn1. The lowest BCUT2D eigenvalue weighted by molar-refractivity contribution is -0.384. The average molecular weight is 347 g/mol. The molecule has 0 atom stereocenters. The minimum atomic E-state index is -0.421. The highest BCUT2D eigenvalue weighted by atomic mass is 16.6. The number of non-ortho nitro benzene ring substituents is 1. The summed E-state index contributed by atoms with van der Waals surface area (Å²) in [6.07, 6.45) is 2.24. The predicted molar refractivity (Wildman–Crippen MR) is 99.3 cm³/mol. The summed E-state index contributed by atoms with van der Waals surface area (Å²) in [7, 11) is 0. The van der Waals surface area contributed by atoms with Gasteiger partial charge in [0.15, 0.2) is 0 Å². The Morgan fingerprint density at radius 3 is 2.54 bits per heavy atom. The smallest absolute Gasteiger partial charge is 0.269 e. The molecule has 26 heavy (non-hydrogen) atoms. The quantitative estimate of drug-likeness (QED) is 0.555. The number of benzene rings is 2. The normalized spacial score (nSPS) is 10.3. The largest absolute Gasteiger partial charge is 0.322 e. The number of nitro benzene ring substituents is 1. The molecule has 0 saturated heterocycles. The molecule has 0 spiro atoms. The highest BCUT2D eigenvalue weighted by Gasteiger charge is 2.09. The number of nitro groups is 1. The number of aryl methyl sites for hydroxylation is 1. The Bertz CT molecular complexity index is 953. The molecule has 0 radical (unpaired) electrons. The first-order valence-corrected chi connectivity index (χ1v) is 8.07. The number of nitrogens with one attached hydrogen (secondary N) is 1. The molecule has 0 unspecified atom stereocenters. The molecular weight excluding hydrogens is 330 g/mol. The molecule has 1 amide bonds. The number of amides is 1. The van der Waals surface area contributed by atoms with Gasteiger partial charge < -0.3 is 5.32 Å². The van der Waals surface area contributed by atoms with Crippen molar-refractivity contribution >= 4 is 17.3 Å². The summed E-state index contributed by atoms with van der Waals surface area (Å²) in [6.45, 7) is 1.86. The van der Waals surface area contributed by atoms with Crippen molar-refractivity contribution in [2.75, 3.05) is 5.32 Å². The van der Waals surface area contributed by atoms with E-state index >= 15 is 0 Å². The highest BCUT2D eigenvalue weighted by Crippen LogP contribution is 2.17. The third-order valence-corrected chi connectivity index (χ3v) is 3.90. The van der Waals surface area contributed by atoms with E-state index in [0.29, 0.717) is 17.7 Å². The van der Waals surface area contributed by atoms with Crippen LogP contribution in [0.2, 0.25) is 0 Å². The van der Waals surface area contributed by atoms with Crippen LogP contribution in [-0.4, -0.2) is 15.8 Å². The van der Waals surface area contributed by atoms with Crippen LogP contribution in [0.25, 0.3) is 0 Å². The molecule has 2 aromatic carbocycles. The number of nitrogens with zero attached hydrogens (tertiary/aromatic N) is 2. The number of hydrogen-bond acceptors (Lipinski definition) is 4. The van der Waals surface area contributed by atoms with Crippen molar-refractivity contribution in [1.82, 2.24) is 4.98 Å². The molecule has 0 bridgehead atoms. The summed E-state index contributed by atoms with van der Waals surface area (Å²) in [4.78, 5) is 26.8. The first-order chi connectivity index (χ1) is 12.5. The summed E-state index contributed by atoms with van der Waals surface area (Å²) < 4.78 is 0. The van der Waals surface area contributed by atoms with Crippen LogP contribution in [0.5, 0.6) is 0 Å². The van der Waals surface area contributed by atoms with Crippen LogP contribution in [0.15, 0.2) is 66.9 Å². The van der Waals surface area contributed by atoms with Gasteiger partial charge in [0.1, 0.15) is 0 Å². The van der Waals surface area contributed by atoms with Crippen LogP contribution in [-0.2, 0) is 6.42 Å². The molecule has 0 aliphatic rings. The topological polar surface area (TPSA) is 85.1 Å². The molecule has 6 heteroatoms. The average Bonchev–Trinajstić information content (AvgIpc) is 2.62. The van der Waals surface area contributed by atoms with Gasteiger partial charge in [-0.15, -0.1) is 0 Å². The van der Waals surface area contributed by atoms with Gasteiger partial charge in [0, 0.05) is 35.3 Å².